The summed E-state index contributed by atoms with van der Waals surface area (Å²) in [5.41, 5.74) is 6.65. The van der Waals surface area contributed by atoms with Gasteiger partial charge >= 0.3 is 6.18 Å². The van der Waals surface area contributed by atoms with E-state index in [4.69, 9.17) is 16.3 Å². The van der Waals surface area contributed by atoms with Gasteiger partial charge in [-0.1, -0.05) is 96.8 Å². The lowest BCUT2D eigenvalue weighted by Crippen LogP contribution is -2.08. The first-order chi connectivity index (χ1) is 21.4. The number of nitrogens with one attached hydrogen (secondary N) is 1. The number of benzene rings is 2. The summed E-state index contributed by atoms with van der Waals surface area (Å²) >= 11 is 6.25. The second kappa shape index (κ2) is 21.8. The van der Waals surface area contributed by atoms with Gasteiger partial charge in [0.2, 0.25) is 0 Å². The van der Waals surface area contributed by atoms with Crippen molar-refractivity contribution in [3.05, 3.63) is 94.3 Å². The second-order valence-corrected chi connectivity index (χ2v) is 11.6. The Bertz CT molecular complexity index is 1320. The van der Waals surface area contributed by atoms with Crippen LogP contribution >= 0.6 is 11.6 Å². The smallest absolute Gasteiger partial charge is 0.381 e. The van der Waals surface area contributed by atoms with Crippen LogP contribution in [-0.2, 0) is 17.6 Å². The van der Waals surface area contributed by atoms with Crippen LogP contribution in [0.4, 0.5) is 13.2 Å². The molecule has 1 unspecified atom stereocenters. The first-order valence-electron chi connectivity index (χ1n) is 16.4. The van der Waals surface area contributed by atoms with Crippen LogP contribution in [0.25, 0.3) is 10.9 Å². The maximum absolute atomic E-state index is 11.9. The summed E-state index contributed by atoms with van der Waals surface area (Å²) < 4.78 is 40.9. The quantitative estimate of drug-likeness (QED) is 0.106. The van der Waals surface area contributed by atoms with Crippen LogP contribution in [0.5, 0.6) is 0 Å². The van der Waals surface area contributed by atoms with Crippen molar-refractivity contribution >= 4 is 28.2 Å². The van der Waals surface area contributed by atoms with E-state index in [0.717, 1.165) is 74.7 Å². The number of unbranched alkanes of at least 4 members (excludes halogenated alkanes) is 1. The average molecular weight is 647 g/mol. The number of aromatic nitrogens is 1. The van der Waals surface area contributed by atoms with Crippen molar-refractivity contribution in [1.82, 2.24) is 4.98 Å². The third-order valence-electron chi connectivity index (χ3n) is 7.25. The summed E-state index contributed by atoms with van der Waals surface area (Å²) in [6.45, 7) is 19.5. The SMILES string of the molecule is C=C(/C=C\N=C(C)CCC)C(F)(F)F.CCCCc1c(C(C)c2ccc(CC)cc2)[nH]c2ccc(Cl)cc12.CCCOCCC. The molecule has 3 nitrogen and oxygen atoms in total. The van der Waals surface area contributed by atoms with Gasteiger partial charge in [0.1, 0.15) is 0 Å². The highest BCUT2D eigenvalue weighted by molar-refractivity contribution is 6.31. The number of allylic oxidation sites excluding steroid dienone is 2. The molecule has 2 aromatic carbocycles. The van der Waals surface area contributed by atoms with Gasteiger partial charge in [-0.05, 0) is 86.4 Å². The third-order valence-corrected chi connectivity index (χ3v) is 7.48. The largest absolute Gasteiger partial charge is 0.415 e. The Morgan fingerprint density at radius 2 is 1.62 bits per heavy atom. The monoisotopic (exact) mass is 646 g/mol. The fourth-order valence-electron chi connectivity index (χ4n) is 4.61. The number of halogens is 4. The van der Waals surface area contributed by atoms with Crippen LogP contribution in [0.3, 0.4) is 0 Å². The molecule has 0 spiro atoms. The fourth-order valence-corrected chi connectivity index (χ4v) is 4.78. The molecule has 1 atom stereocenters. The molecule has 3 aromatic rings. The van der Waals surface area contributed by atoms with Crippen molar-refractivity contribution in [2.75, 3.05) is 13.2 Å². The molecule has 45 heavy (non-hydrogen) atoms. The van der Waals surface area contributed by atoms with Gasteiger partial charge in [0, 0.05) is 58.2 Å². The molecule has 0 amide bonds. The molecule has 0 fully saturated rings. The Balaban J connectivity index is 0.000000408. The van der Waals surface area contributed by atoms with E-state index in [1.165, 1.54) is 46.1 Å². The van der Waals surface area contributed by atoms with Crippen molar-refractivity contribution < 1.29 is 17.9 Å². The van der Waals surface area contributed by atoms with Gasteiger partial charge in [0.25, 0.3) is 0 Å². The second-order valence-electron chi connectivity index (χ2n) is 11.2. The molecular weight excluding hydrogens is 593 g/mol. The van der Waals surface area contributed by atoms with Crippen LogP contribution in [0.15, 0.2) is 71.9 Å². The summed E-state index contributed by atoms with van der Waals surface area (Å²) in [5, 5.41) is 2.09. The van der Waals surface area contributed by atoms with Crippen LogP contribution in [0, 0.1) is 0 Å². The van der Waals surface area contributed by atoms with E-state index < -0.39 is 11.7 Å². The van der Waals surface area contributed by atoms with E-state index in [1.807, 2.05) is 13.0 Å². The first kappa shape index (κ1) is 40.2. The van der Waals surface area contributed by atoms with E-state index in [2.05, 4.69) is 87.6 Å². The standard InChI is InChI=1S/C22H26ClN.C10H14F3N.C6H14O/c1-4-6-7-19-20-14-18(23)12-13-21(20)24-22(19)15(3)17-10-8-16(5-2)9-11-17;1-4-5-9(3)14-7-6-8(2)10(11,12)13;1-3-5-7-6-4-2/h8-15,24H,4-7H2,1-3H3;6-7H,2,4-5H2,1,3H3;3-6H2,1-2H3/b;7-6-,14-9?;. The number of rotatable bonds is 14. The van der Waals surface area contributed by atoms with Crippen LogP contribution in [-0.4, -0.2) is 30.1 Å². The van der Waals surface area contributed by atoms with Crippen molar-refractivity contribution in [3.63, 3.8) is 0 Å². The number of fused-ring (bicyclic) bond motifs is 1. The van der Waals surface area contributed by atoms with Crippen molar-refractivity contribution in [3.8, 4) is 0 Å². The first-order valence-corrected chi connectivity index (χ1v) is 16.7. The van der Waals surface area contributed by atoms with Gasteiger partial charge in [-0.25, -0.2) is 0 Å². The number of aliphatic imine (C=N–C) groups is 1. The molecule has 0 aliphatic heterocycles. The average Bonchev–Trinajstić information content (AvgIpc) is 3.37. The predicted octanol–water partition coefficient (Wildman–Crippen LogP) is 12.6. The molecule has 7 heteroatoms. The van der Waals surface area contributed by atoms with Gasteiger partial charge in [-0.3, -0.25) is 4.99 Å². The number of hydrogen-bond acceptors (Lipinski definition) is 2. The number of aryl methyl sites for hydroxylation is 2. The van der Waals surface area contributed by atoms with Crippen molar-refractivity contribution in [2.24, 2.45) is 4.99 Å². The minimum atomic E-state index is -4.36. The summed E-state index contributed by atoms with van der Waals surface area (Å²) in [4.78, 5) is 7.51. The molecule has 250 valence electrons. The third kappa shape index (κ3) is 14.9. The highest BCUT2D eigenvalue weighted by Crippen LogP contribution is 2.34. The fraction of sp³-hybridized carbons (Fsp3) is 0.500. The molecule has 1 N–H and O–H groups in total. The molecular formula is C38H54ClF3N2O. The van der Waals surface area contributed by atoms with Gasteiger partial charge in [0.15, 0.2) is 0 Å². The number of aromatic amines is 1. The minimum absolute atomic E-state index is 0.355. The van der Waals surface area contributed by atoms with E-state index in [-0.39, 0.29) is 0 Å². The zero-order valence-corrected chi connectivity index (χ0v) is 29.2. The maximum Gasteiger partial charge on any atom is 0.415 e. The summed E-state index contributed by atoms with van der Waals surface area (Å²) in [6.07, 6.45) is 6.25. The lowest BCUT2D eigenvalue weighted by Gasteiger charge is -2.14. The molecule has 0 saturated heterocycles. The Morgan fingerprint density at radius 3 is 2.16 bits per heavy atom. The lowest BCUT2D eigenvalue weighted by atomic mass is 9.92. The molecule has 1 heterocycles. The van der Waals surface area contributed by atoms with E-state index in [1.54, 1.807) is 6.92 Å². The zero-order chi connectivity index (χ0) is 33.8. The molecule has 0 saturated carbocycles. The summed E-state index contributed by atoms with van der Waals surface area (Å²) in [7, 11) is 0. The topological polar surface area (TPSA) is 37.4 Å². The van der Waals surface area contributed by atoms with Crippen molar-refractivity contribution in [2.45, 2.75) is 112 Å². The normalized spacial score (nSPS) is 12.5. The summed E-state index contributed by atoms with van der Waals surface area (Å²) in [5.74, 6) is 0.355. The van der Waals surface area contributed by atoms with Gasteiger partial charge < -0.3 is 9.72 Å². The van der Waals surface area contributed by atoms with Crippen LogP contribution in [0.2, 0.25) is 5.02 Å². The molecule has 0 radical (unpaired) electrons. The van der Waals surface area contributed by atoms with E-state index in [0.29, 0.717) is 5.92 Å². The highest BCUT2D eigenvalue weighted by atomic mass is 35.5. The minimum Gasteiger partial charge on any atom is -0.381 e. The Kier molecular flexibility index (Phi) is 19.5. The number of H-pyrrole nitrogens is 1. The molecule has 0 aliphatic carbocycles. The Labute approximate surface area is 275 Å². The number of hydrogen-bond donors (Lipinski definition) is 1. The Hall–Kier alpha value is -2.83. The lowest BCUT2D eigenvalue weighted by molar-refractivity contribution is -0.0878. The molecule has 3 rings (SSSR count). The van der Waals surface area contributed by atoms with Crippen LogP contribution in [0.1, 0.15) is 115 Å². The molecule has 0 aliphatic rings. The van der Waals surface area contributed by atoms with Crippen LogP contribution < -0.4 is 0 Å². The molecule has 1 aromatic heterocycles. The van der Waals surface area contributed by atoms with Gasteiger partial charge in [-0.15, -0.1) is 0 Å². The Morgan fingerprint density at radius 1 is 0.978 bits per heavy atom. The maximum atomic E-state index is 11.9. The van der Waals surface area contributed by atoms with Crippen molar-refractivity contribution in [1.29, 1.82) is 0 Å². The van der Waals surface area contributed by atoms with E-state index in [9.17, 15) is 13.2 Å². The molecule has 0 bridgehead atoms. The number of alkyl halides is 3. The summed E-state index contributed by atoms with van der Waals surface area (Å²) in [6, 6.07) is 15.2. The zero-order valence-electron chi connectivity index (χ0n) is 28.4. The predicted molar refractivity (Wildman–Crippen MR) is 189 cm³/mol. The highest BCUT2D eigenvalue weighted by Gasteiger charge is 2.29. The van der Waals surface area contributed by atoms with E-state index >= 15 is 0 Å². The van der Waals surface area contributed by atoms with Gasteiger partial charge in [-0.2, -0.15) is 13.2 Å². The number of nitrogens with zero attached hydrogens (tertiary/aromatic N) is 1. The van der Waals surface area contributed by atoms with Gasteiger partial charge in [0.05, 0.1) is 0 Å². The number of ether oxygens (including phenoxy) is 1.